The Morgan fingerprint density at radius 2 is 1.57 bits per heavy atom. The molecule has 1 fully saturated rings. The number of fused-ring (bicyclic) bond motifs is 1. The molecule has 14 heteroatoms. The van der Waals surface area contributed by atoms with E-state index in [2.05, 4.69) is 9.97 Å². The number of aliphatic hydroxyl groups is 1. The quantitative estimate of drug-likeness (QED) is 0.173. The fraction of sp³-hybridized carbons (Fsp3) is 0.286. The van der Waals surface area contributed by atoms with Crippen molar-refractivity contribution in [2.45, 2.75) is 43.2 Å². The summed E-state index contributed by atoms with van der Waals surface area (Å²) in [6.07, 6.45) is -6.33. The molecule has 3 atom stereocenters. The summed E-state index contributed by atoms with van der Waals surface area (Å²) < 4.78 is 62.9. The zero-order valence-corrected chi connectivity index (χ0v) is 26.4. The minimum atomic E-state index is -5.03. The molecule has 49 heavy (non-hydrogen) atoms. The van der Waals surface area contributed by atoms with Gasteiger partial charge in [-0.3, -0.25) is 9.36 Å². The van der Waals surface area contributed by atoms with E-state index in [0.717, 1.165) is 16.7 Å². The number of nitrogens with zero attached hydrogens (tertiary/aromatic N) is 2. The van der Waals surface area contributed by atoms with Crippen molar-refractivity contribution >= 4 is 16.9 Å². The molecule has 3 heterocycles. The third-order valence-electron chi connectivity index (χ3n) is 8.44. The molecule has 0 unspecified atom stereocenters. The van der Waals surface area contributed by atoms with Crippen LogP contribution in [0.5, 0.6) is 11.5 Å². The molecule has 0 radical (unpaired) electrons. The molecular formula is C35H33F3N4O7. The molecule has 0 saturated carbocycles. The number of halogens is 3. The minimum absolute atomic E-state index is 0.0451. The molecule has 256 valence electrons. The van der Waals surface area contributed by atoms with E-state index in [4.69, 9.17) is 18.9 Å². The van der Waals surface area contributed by atoms with E-state index < -0.39 is 48.4 Å². The number of hydrogen-bond acceptors (Lipinski definition) is 8. The monoisotopic (exact) mass is 678 g/mol. The number of rotatable bonds is 11. The fourth-order valence-electron chi connectivity index (χ4n) is 5.96. The lowest BCUT2D eigenvalue weighted by molar-refractivity contribution is -0.173. The summed E-state index contributed by atoms with van der Waals surface area (Å²) in [5, 5.41) is 13.3. The van der Waals surface area contributed by atoms with Gasteiger partial charge in [-0.2, -0.15) is 18.2 Å². The number of aromatic nitrogens is 3. The van der Waals surface area contributed by atoms with Gasteiger partial charge in [0.15, 0.2) is 0 Å². The van der Waals surface area contributed by atoms with Gasteiger partial charge in [0, 0.05) is 23.7 Å². The number of carbonyl (C=O) groups is 1. The summed E-state index contributed by atoms with van der Waals surface area (Å²) in [6, 6.07) is 26.1. The number of carbonyl (C=O) groups excluding carboxylic acids is 1. The number of ether oxygens (including phenoxy) is 4. The molecule has 0 bridgehead atoms. The van der Waals surface area contributed by atoms with Crippen molar-refractivity contribution in [2.24, 2.45) is 0 Å². The Balaban J connectivity index is 1.28. The number of benzene rings is 3. The van der Waals surface area contributed by atoms with Crippen LogP contribution in [-0.2, 0) is 26.4 Å². The summed E-state index contributed by atoms with van der Waals surface area (Å²) in [4.78, 5) is 31.0. The highest BCUT2D eigenvalue weighted by molar-refractivity contribution is 5.82. The predicted octanol–water partition coefficient (Wildman–Crippen LogP) is 4.58. The molecule has 0 aliphatic carbocycles. The van der Waals surface area contributed by atoms with Crippen molar-refractivity contribution in [3.8, 4) is 11.5 Å². The molecule has 0 spiro atoms. The number of nitrogens with one attached hydrogen (secondary N) is 2. The third-order valence-corrected chi connectivity index (χ3v) is 8.44. The van der Waals surface area contributed by atoms with Crippen LogP contribution in [0.15, 0.2) is 95.9 Å². The lowest BCUT2D eigenvalue weighted by Crippen LogP contribution is -2.38. The molecule has 6 rings (SSSR count). The first-order valence-corrected chi connectivity index (χ1v) is 15.3. The van der Waals surface area contributed by atoms with Crippen LogP contribution in [0.3, 0.4) is 0 Å². The number of aromatic amines is 1. The van der Waals surface area contributed by atoms with E-state index >= 15 is 0 Å². The zero-order chi connectivity index (χ0) is 34.8. The number of amides is 1. The summed E-state index contributed by atoms with van der Waals surface area (Å²) in [5.74, 6) is -0.764. The van der Waals surface area contributed by atoms with E-state index in [-0.39, 0.29) is 24.4 Å². The van der Waals surface area contributed by atoms with Gasteiger partial charge < -0.3 is 34.4 Å². The van der Waals surface area contributed by atoms with Crippen LogP contribution < -0.4 is 20.5 Å². The number of H-pyrrole nitrogens is 1. The van der Waals surface area contributed by atoms with Crippen LogP contribution in [0.2, 0.25) is 0 Å². The molecular weight excluding hydrogens is 645 g/mol. The molecule has 1 saturated heterocycles. The van der Waals surface area contributed by atoms with Gasteiger partial charge in [0.05, 0.1) is 33.5 Å². The van der Waals surface area contributed by atoms with E-state index in [1.54, 1.807) is 19.5 Å². The van der Waals surface area contributed by atoms with Crippen molar-refractivity contribution in [2.75, 3.05) is 20.8 Å². The van der Waals surface area contributed by atoms with Gasteiger partial charge in [-0.25, -0.2) is 4.79 Å². The molecule has 3 aromatic carbocycles. The summed E-state index contributed by atoms with van der Waals surface area (Å²) in [7, 11) is 3.17. The van der Waals surface area contributed by atoms with Crippen LogP contribution >= 0.6 is 0 Å². The second-order valence-corrected chi connectivity index (χ2v) is 11.5. The Kier molecular flexibility index (Phi) is 9.45. The molecule has 5 aromatic rings. The van der Waals surface area contributed by atoms with Gasteiger partial charge in [0.2, 0.25) is 0 Å². The van der Waals surface area contributed by atoms with Gasteiger partial charge in [-0.15, -0.1) is 0 Å². The Bertz CT molecular complexity index is 1910. The molecule has 3 N–H and O–H groups in total. The van der Waals surface area contributed by atoms with E-state index in [9.17, 15) is 27.9 Å². The van der Waals surface area contributed by atoms with Gasteiger partial charge in [-0.05, 0) is 47.0 Å². The summed E-state index contributed by atoms with van der Waals surface area (Å²) in [5.41, 5.74) is 0.863. The van der Waals surface area contributed by atoms with Crippen molar-refractivity contribution in [1.29, 1.82) is 0 Å². The van der Waals surface area contributed by atoms with Crippen molar-refractivity contribution in [3.63, 3.8) is 0 Å². The number of methoxy groups -OCH3 is 2. The molecule has 2 aromatic heterocycles. The standard InChI is InChI=1S/C35H33F3N4O7/c1-46-26-12-8-23(9-13-26)34(22-6-4-3-5-7-22,24-10-14-27(47-2)15-11-24)48-20-29-28(43)17-30(49-29)42-19-21-16-25(40-31(21)41-33(42)45)18-39-32(44)35(36,37)38/h3-16,19,28-30,43H,17-18,20H2,1-2H3,(H,39,44)(H,40,41,45)/t28-,29+,30+/m0/s1. The third kappa shape index (κ3) is 6.88. The first kappa shape index (κ1) is 33.7. The van der Waals surface area contributed by atoms with Crippen LogP contribution in [0.4, 0.5) is 13.2 Å². The first-order valence-electron chi connectivity index (χ1n) is 15.3. The van der Waals surface area contributed by atoms with Crippen molar-refractivity contribution < 1.29 is 42.0 Å². The largest absolute Gasteiger partial charge is 0.497 e. The van der Waals surface area contributed by atoms with Crippen LogP contribution in [-0.4, -0.2) is 64.8 Å². The lowest BCUT2D eigenvalue weighted by Gasteiger charge is -2.37. The highest BCUT2D eigenvalue weighted by atomic mass is 19.4. The van der Waals surface area contributed by atoms with Gasteiger partial charge in [0.1, 0.15) is 35.1 Å². The van der Waals surface area contributed by atoms with E-state index in [1.165, 1.54) is 16.8 Å². The van der Waals surface area contributed by atoms with Crippen molar-refractivity contribution in [1.82, 2.24) is 19.9 Å². The Morgan fingerprint density at radius 3 is 2.14 bits per heavy atom. The van der Waals surface area contributed by atoms with Crippen LogP contribution in [0.1, 0.15) is 35.0 Å². The predicted molar refractivity (Wildman–Crippen MR) is 171 cm³/mol. The fourth-order valence-corrected chi connectivity index (χ4v) is 5.96. The average Bonchev–Trinajstić information content (AvgIpc) is 3.69. The minimum Gasteiger partial charge on any atom is -0.497 e. The Hall–Kier alpha value is -5.18. The molecule has 1 amide bonds. The molecule has 1 aliphatic rings. The summed E-state index contributed by atoms with van der Waals surface area (Å²) in [6.45, 7) is -0.533. The maximum atomic E-state index is 13.0. The summed E-state index contributed by atoms with van der Waals surface area (Å²) >= 11 is 0. The average molecular weight is 679 g/mol. The topological polar surface area (TPSA) is 137 Å². The SMILES string of the molecule is COc1ccc(C(OC[C@H]2O[C@@H](n3cc4cc(CNC(=O)C(F)(F)F)[nH]c4nc3=O)C[C@@H]2O)(c2ccccc2)c2ccc(OC)cc2)cc1. The first-order chi connectivity index (χ1) is 23.5. The molecule has 1 aliphatic heterocycles. The Morgan fingerprint density at radius 1 is 0.980 bits per heavy atom. The normalized spacial score (nSPS) is 18.0. The van der Waals surface area contributed by atoms with E-state index in [0.29, 0.717) is 16.9 Å². The van der Waals surface area contributed by atoms with Gasteiger partial charge in [0.25, 0.3) is 0 Å². The van der Waals surface area contributed by atoms with E-state index in [1.807, 2.05) is 78.9 Å². The highest BCUT2D eigenvalue weighted by Crippen LogP contribution is 2.42. The van der Waals surface area contributed by atoms with Crippen LogP contribution in [0, 0.1) is 0 Å². The van der Waals surface area contributed by atoms with Gasteiger partial charge in [-0.1, -0.05) is 54.6 Å². The van der Waals surface area contributed by atoms with Crippen LogP contribution in [0.25, 0.3) is 11.0 Å². The second-order valence-electron chi connectivity index (χ2n) is 11.5. The maximum Gasteiger partial charge on any atom is 0.471 e. The second kappa shape index (κ2) is 13.7. The highest BCUT2D eigenvalue weighted by Gasteiger charge is 2.42. The smallest absolute Gasteiger partial charge is 0.471 e. The lowest BCUT2D eigenvalue weighted by atomic mass is 9.80. The zero-order valence-electron chi connectivity index (χ0n) is 26.4. The van der Waals surface area contributed by atoms with Gasteiger partial charge >= 0.3 is 17.8 Å². The van der Waals surface area contributed by atoms with Crippen molar-refractivity contribution in [3.05, 3.63) is 124 Å². The maximum absolute atomic E-state index is 13.0. The number of aliphatic hydroxyl groups excluding tert-OH is 1. The number of alkyl halides is 3. The Labute approximate surface area is 278 Å². The molecule has 11 nitrogen and oxygen atoms in total. The number of hydrogen-bond donors (Lipinski definition) is 3.